The Morgan fingerprint density at radius 2 is 2.04 bits per heavy atom. The van der Waals surface area contributed by atoms with E-state index in [1.165, 1.54) is 6.07 Å². The summed E-state index contributed by atoms with van der Waals surface area (Å²) in [5, 5.41) is 12.1. The topological polar surface area (TPSA) is 92.7 Å². The zero-order valence-corrected chi connectivity index (χ0v) is 14.6. The van der Waals surface area contributed by atoms with Crippen molar-refractivity contribution in [1.82, 2.24) is 5.23 Å². The summed E-state index contributed by atoms with van der Waals surface area (Å²) in [5.74, 6) is -1.66. The summed E-state index contributed by atoms with van der Waals surface area (Å²) >= 11 is 0. The first-order chi connectivity index (χ1) is 11.1. The second kappa shape index (κ2) is 8.64. The van der Waals surface area contributed by atoms with Gasteiger partial charge in [0.2, 0.25) is 0 Å². The lowest BCUT2D eigenvalue weighted by Crippen LogP contribution is -2.30. The normalized spacial score (nSPS) is 12.3. The second-order valence-electron chi connectivity index (χ2n) is 6.69. The predicted molar refractivity (Wildman–Crippen MR) is 93.2 cm³/mol. The Labute approximate surface area is 142 Å². The van der Waals surface area contributed by atoms with Crippen molar-refractivity contribution in [3.05, 3.63) is 34.9 Å². The molecule has 7 heteroatoms. The van der Waals surface area contributed by atoms with E-state index in [1.54, 1.807) is 32.9 Å². The van der Waals surface area contributed by atoms with E-state index in [0.29, 0.717) is 6.54 Å². The molecule has 0 fully saturated rings. The molecule has 0 aliphatic heterocycles. The molecule has 0 heterocycles. The van der Waals surface area contributed by atoms with Crippen molar-refractivity contribution in [2.45, 2.75) is 45.6 Å². The maximum atomic E-state index is 12.2. The first-order valence-electron chi connectivity index (χ1n) is 7.84. The van der Waals surface area contributed by atoms with Gasteiger partial charge in [0.1, 0.15) is 5.60 Å². The number of esters is 1. The van der Waals surface area contributed by atoms with Gasteiger partial charge in [-0.15, -0.1) is 0 Å². The van der Waals surface area contributed by atoms with Crippen molar-refractivity contribution in [3.63, 3.8) is 0 Å². The monoisotopic (exact) mass is 333 g/mol. The molecule has 1 aromatic rings. The highest BCUT2D eigenvalue weighted by atomic mass is 16.6. The minimum absolute atomic E-state index is 0.104. The van der Waals surface area contributed by atoms with E-state index < -0.39 is 11.6 Å². The van der Waals surface area contributed by atoms with Crippen LogP contribution in [0.4, 0.5) is 0 Å². The van der Waals surface area contributed by atoms with Gasteiger partial charge in [-0.3, -0.25) is 4.79 Å². The van der Waals surface area contributed by atoms with E-state index in [0.717, 1.165) is 17.3 Å². The lowest BCUT2D eigenvalue weighted by Gasteiger charge is -2.23. The molecule has 0 bridgehead atoms. The van der Waals surface area contributed by atoms with Crippen LogP contribution in [0.3, 0.4) is 0 Å². The Bertz CT molecular complexity index is 609. The molecular formula is C17H24BNO5. The fraction of sp³-hybridized carbons (Fsp3) is 0.471. The first kappa shape index (κ1) is 19.9. The summed E-state index contributed by atoms with van der Waals surface area (Å²) in [4.78, 5) is 33.9. The summed E-state index contributed by atoms with van der Waals surface area (Å²) in [6.07, 6.45) is 0.845. The number of carboxylic acid groups (broad SMARTS) is 1. The van der Waals surface area contributed by atoms with E-state index in [1.807, 2.05) is 6.92 Å². The largest absolute Gasteiger partial charge is 0.478 e. The molecule has 0 radical (unpaired) electrons. The summed E-state index contributed by atoms with van der Waals surface area (Å²) in [6.45, 7) is 7.62. The molecule has 1 atom stereocenters. The third-order valence-electron chi connectivity index (χ3n) is 3.42. The molecule has 0 saturated heterocycles. The van der Waals surface area contributed by atoms with Crippen LogP contribution in [0.2, 0.25) is 0 Å². The van der Waals surface area contributed by atoms with Gasteiger partial charge >= 0.3 is 11.9 Å². The standard InChI is InChI=1S/C17H24BNO5/c1-11-5-6-12(16(22)23)7-14(11)13(9-19-18-10-20)8-15(21)24-17(2,3)4/h5-7,10,13,18-19H,8-9H2,1-4H3,(H,22,23). The average molecular weight is 333 g/mol. The number of aromatic carboxylic acids is 1. The van der Waals surface area contributed by atoms with E-state index in [4.69, 9.17) is 4.74 Å². The Morgan fingerprint density at radius 3 is 2.58 bits per heavy atom. The number of nitrogens with one attached hydrogen (secondary N) is 1. The van der Waals surface area contributed by atoms with Crippen molar-refractivity contribution in [3.8, 4) is 0 Å². The lowest BCUT2D eigenvalue weighted by atomic mass is 9.88. The number of benzene rings is 1. The zero-order chi connectivity index (χ0) is 18.3. The zero-order valence-electron chi connectivity index (χ0n) is 14.6. The Balaban J connectivity index is 3.04. The van der Waals surface area contributed by atoms with E-state index in [2.05, 4.69) is 5.23 Å². The Morgan fingerprint density at radius 1 is 1.38 bits per heavy atom. The second-order valence-corrected chi connectivity index (χ2v) is 6.69. The van der Waals surface area contributed by atoms with Crippen LogP contribution in [0.1, 0.15) is 54.6 Å². The van der Waals surface area contributed by atoms with Crippen LogP contribution in [0.5, 0.6) is 0 Å². The number of ether oxygens (including phenoxy) is 1. The molecule has 1 rings (SSSR count). The number of carboxylic acids is 1. The van der Waals surface area contributed by atoms with Crippen molar-refractivity contribution in [2.24, 2.45) is 0 Å². The molecule has 1 aromatic carbocycles. The molecule has 0 saturated carbocycles. The fourth-order valence-corrected chi connectivity index (χ4v) is 2.41. The smallest absolute Gasteiger partial charge is 0.335 e. The van der Waals surface area contributed by atoms with Crippen molar-refractivity contribution in [1.29, 1.82) is 0 Å². The molecule has 0 aliphatic rings. The molecule has 24 heavy (non-hydrogen) atoms. The minimum Gasteiger partial charge on any atom is -0.478 e. The number of carbonyl (C=O) groups is 3. The van der Waals surface area contributed by atoms with Crippen LogP contribution in [0, 0.1) is 6.92 Å². The van der Waals surface area contributed by atoms with Gasteiger partial charge in [0.05, 0.1) is 18.2 Å². The van der Waals surface area contributed by atoms with Crippen LogP contribution in [-0.4, -0.2) is 42.8 Å². The van der Waals surface area contributed by atoms with Gasteiger partial charge in [0, 0.05) is 5.92 Å². The van der Waals surface area contributed by atoms with Gasteiger partial charge in [-0.25, -0.2) is 4.79 Å². The van der Waals surface area contributed by atoms with Crippen LogP contribution >= 0.6 is 0 Å². The maximum absolute atomic E-state index is 12.2. The molecule has 0 aromatic heterocycles. The average Bonchev–Trinajstić information content (AvgIpc) is 2.44. The first-order valence-corrected chi connectivity index (χ1v) is 7.84. The SMILES string of the molecule is Cc1ccc(C(=O)O)cc1C(CNBC=O)CC(=O)OC(C)(C)C. The maximum Gasteiger partial charge on any atom is 0.335 e. The quantitative estimate of drug-likeness (QED) is 0.325. The van der Waals surface area contributed by atoms with Gasteiger partial charge in [0.25, 0.3) is 7.41 Å². The van der Waals surface area contributed by atoms with Crippen molar-refractivity contribution < 1.29 is 24.2 Å². The molecule has 1 unspecified atom stereocenters. The number of carbonyl (C=O) groups excluding carboxylic acids is 2. The molecule has 0 spiro atoms. The summed E-state index contributed by atoms with van der Waals surface area (Å²) in [5.41, 5.74) is 1.23. The number of hydrogen-bond donors (Lipinski definition) is 2. The molecule has 0 aliphatic carbocycles. The van der Waals surface area contributed by atoms with Crippen LogP contribution in [0.25, 0.3) is 0 Å². The summed E-state index contributed by atoms with van der Waals surface area (Å²) in [6, 6.07) is 4.83. The van der Waals surface area contributed by atoms with Gasteiger partial charge in [-0.2, -0.15) is 0 Å². The van der Waals surface area contributed by atoms with Crippen molar-refractivity contribution >= 4 is 25.5 Å². The highest BCUT2D eigenvalue weighted by Gasteiger charge is 2.23. The van der Waals surface area contributed by atoms with Crippen LogP contribution in [0.15, 0.2) is 18.2 Å². The fourth-order valence-electron chi connectivity index (χ4n) is 2.41. The molecule has 6 nitrogen and oxygen atoms in total. The molecular weight excluding hydrogens is 309 g/mol. The molecule has 2 N–H and O–H groups in total. The third kappa shape index (κ3) is 6.54. The number of rotatable bonds is 8. The Hall–Kier alpha value is -2.15. The molecule has 0 amide bonds. The van der Waals surface area contributed by atoms with E-state index >= 15 is 0 Å². The van der Waals surface area contributed by atoms with Gasteiger partial charge in [0.15, 0.2) is 0 Å². The summed E-state index contributed by atoms with van der Waals surface area (Å²) in [7, 11) is 0.169. The van der Waals surface area contributed by atoms with Gasteiger partial charge < -0.3 is 19.9 Å². The lowest BCUT2D eigenvalue weighted by molar-refractivity contribution is -0.155. The Kier molecular flexibility index (Phi) is 7.16. The van der Waals surface area contributed by atoms with Crippen LogP contribution in [-0.2, 0) is 14.3 Å². The van der Waals surface area contributed by atoms with E-state index in [9.17, 15) is 19.5 Å². The van der Waals surface area contributed by atoms with E-state index in [-0.39, 0.29) is 31.3 Å². The highest BCUT2D eigenvalue weighted by molar-refractivity contribution is 6.64. The van der Waals surface area contributed by atoms with Crippen molar-refractivity contribution in [2.75, 3.05) is 6.54 Å². The minimum atomic E-state index is -1.02. The highest BCUT2D eigenvalue weighted by Crippen LogP contribution is 2.25. The number of hydrogen-bond acceptors (Lipinski definition) is 5. The summed E-state index contributed by atoms with van der Waals surface area (Å²) < 4.78 is 5.36. The van der Waals surface area contributed by atoms with Crippen LogP contribution < -0.4 is 5.23 Å². The number of aryl methyl sites for hydroxylation is 1. The van der Waals surface area contributed by atoms with Gasteiger partial charge in [-0.05, 0) is 57.5 Å². The third-order valence-corrected chi connectivity index (χ3v) is 3.42. The molecule has 130 valence electrons. The van der Waals surface area contributed by atoms with Gasteiger partial charge in [-0.1, -0.05) is 6.07 Å². The predicted octanol–water partition coefficient (Wildman–Crippen LogP) is 1.64.